The van der Waals surface area contributed by atoms with Gasteiger partial charge in [0, 0.05) is 52.0 Å². The first kappa shape index (κ1) is 40.2. The van der Waals surface area contributed by atoms with Crippen molar-refractivity contribution in [2.45, 2.75) is 24.1 Å². The number of alkyl halides is 4. The molecule has 0 bridgehead atoms. The van der Waals surface area contributed by atoms with Gasteiger partial charge < -0.3 is 40.1 Å². The molecule has 4 fully saturated rings. The van der Waals surface area contributed by atoms with E-state index in [-0.39, 0.29) is 25.5 Å². The summed E-state index contributed by atoms with van der Waals surface area (Å²) in [6, 6.07) is 6.01. The summed E-state index contributed by atoms with van der Waals surface area (Å²) in [6.45, 7) is 5.62. The van der Waals surface area contributed by atoms with Crippen molar-refractivity contribution >= 4 is 69.2 Å². The number of nitrogens with one attached hydrogen (secondary N) is 2. The molecule has 0 aromatic carbocycles. The minimum Gasteiger partial charge on any atom is -0.385 e. The summed E-state index contributed by atoms with van der Waals surface area (Å²) in [5, 5.41) is 23.4. The van der Waals surface area contributed by atoms with Gasteiger partial charge in [0.05, 0.1) is 46.1 Å². The lowest BCUT2D eigenvalue weighted by molar-refractivity contribution is -0.0715. The second-order valence-electron chi connectivity index (χ2n) is 9.96. The van der Waals surface area contributed by atoms with Crippen LogP contribution in [0.4, 0.5) is 38.0 Å². The topological polar surface area (TPSA) is 115 Å². The number of morpholine rings is 2. The summed E-state index contributed by atoms with van der Waals surface area (Å²) in [7, 11) is 0. The molecule has 2 aromatic heterocycles. The molecule has 256 valence electrons. The van der Waals surface area contributed by atoms with Crippen molar-refractivity contribution in [3.63, 3.8) is 0 Å². The molecule has 0 amide bonds. The summed E-state index contributed by atoms with van der Waals surface area (Å²) in [5.74, 6) is -6.29. The van der Waals surface area contributed by atoms with Crippen LogP contribution in [0.5, 0.6) is 0 Å². The highest BCUT2D eigenvalue weighted by atomic mass is 127. The Morgan fingerprint density at radius 2 is 1.29 bits per heavy atom. The number of aliphatic hydroxyl groups excluding tert-OH is 2. The Morgan fingerprint density at radius 1 is 0.756 bits per heavy atom. The molecule has 4 N–H and O–H groups in total. The molecule has 4 aliphatic rings. The van der Waals surface area contributed by atoms with Gasteiger partial charge in [0.1, 0.15) is 23.8 Å². The molecule has 6 heterocycles. The summed E-state index contributed by atoms with van der Waals surface area (Å²) in [5.41, 5.74) is 0. The fourth-order valence-electron chi connectivity index (χ4n) is 4.12. The number of pyridine rings is 2. The fourth-order valence-corrected chi connectivity index (χ4v) is 5.19. The number of hydrogen-bond acceptors (Lipinski definition) is 10. The zero-order valence-corrected chi connectivity index (χ0v) is 29.0. The first-order valence-electron chi connectivity index (χ1n) is 13.6. The van der Waals surface area contributed by atoms with Gasteiger partial charge in [-0.3, -0.25) is 0 Å². The van der Waals surface area contributed by atoms with Gasteiger partial charge in [-0.15, -0.1) is 12.4 Å². The molecule has 0 radical (unpaired) electrons. The van der Waals surface area contributed by atoms with E-state index in [0.717, 1.165) is 60.9 Å². The van der Waals surface area contributed by atoms with Crippen LogP contribution in [-0.4, -0.2) is 123 Å². The predicted molar refractivity (Wildman–Crippen MR) is 175 cm³/mol. The zero-order chi connectivity index (χ0) is 32.3. The van der Waals surface area contributed by atoms with E-state index in [4.69, 9.17) is 14.6 Å². The van der Waals surface area contributed by atoms with E-state index in [1.54, 1.807) is 6.07 Å². The van der Waals surface area contributed by atoms with Gasteiger partial charge in [0.25, 0.3) is 11.8 Å². The second-order valence-corrected chi connectivity index (χ2v) is 12.5. The van der Waals surface area contributed by atoms with Crippen molar-refractivity contribution in [3.05, 3.63) is 43.3 Å². The summed E-state index contributed by atoms with van der Waals surface area (Å²) in [4.78, 5) is 10.9. The number of β-amino-alcohol motifs (C(OH)–C–C–N with tert-alkyl or cyclic N) is 2. The highest BCUT2D eigenvalue weighted by Crippen LogP contribution is 2.32. The maximum absolute atomic E-state index is 13.5. The van der Waals surface area contributed by atoms with Crippen LogP contribution in [0.3, 0.4) is 0 Å². The third-order valence-electron chi connectivity index (χ3n) is 6.46. The van der Waals surface area contributed by atoms with Crippen molar-refractivity contribution in [1.29, 1.82) is 0 Å². The Kier molecular flexibility index (Phi) is 17.1. The molecule has 10 nitrogen and oxygen atoms in total. The minimum atomic E-state index is -3.08. The molecule has 19 heteroatoms. The van der Waals surface area contributed by atoms with E-state index in [2.05, 4.69) is 48.1 Å². The number of anilines is 2. The average molecular weight is 899 g/mol. The van der Waals surface area contributed by atoms with Crippen LogP contribution in [0.15, 0.2) is 24.3 Å². The molecule has 2 atom stereocenters. The average Bonchev–Trinajstić information content (AvgIpc) is 3.44. The first-order valence-corrected chi connectivity index (χ1v) is 15.8. The monoisotopic (exact) mass is 898 g/mol. The standard InChI is InChI=1S/C13H16F2IN3O2.C5H2F2IN.C4H7F2NO.C4H9NO.ClH/c14-13(15)8-19(7-10(13)20)12-6-9(16)5-11(17-12)18-1-3-21-4-2-18;6-4-1-3(8)2-5(7)9-4;5-4(6)2-7-1-3(4)8;1-3-6-4-2-5-1;/h5-6,10,20H,1-4,7-8H2;1-2H;3,7-8H,1-2H2;5H,1-4H2;1H. The molecule has 2 aromatic rings. The van der Waals surface area contributed by atoms with Crippen LogP contribution in [0.1, 0.15) is 0 Å². The quantitative estimate of drug-likeness (QED) is 0.204. The largest absolute Gasteiger partial charge is 0.385 e. The number of halogens is 9. The van der Waals surface area contributed by atoms with Crippen molar-refractivity contribution < 1.29 is 46.0 Å². The Hall–Kier alpha value is -1.01. The molecular weight excluding hydrogens is 864 g/mol. The first-order chi connectivity index (χ1) is 20.8. The second kappa shape index (κ2) is 19.1. The van der Waals surface area contributed by atoms with E-state index in [1.807, 2.05) is 28.7 Å². The van der Waals surface area contributed by atoms with E-state index in [0.29, 0.717) is 22.6 Å². The van der Waals surface area contributed by atoms with Gasteiger partial charge in [0.2, 0.25) is 11.9 Å². The summed E-state index contributed by atoms with van der Waals surface area (Å²) < 4.78 is 86.9. The maximum Gasteiger partial charge on any atom is 0.292 e. The van der Waals surface area contributed by atoms with Crippen LogP contribution >= 0.6 is 57.6 Å². The molecule has 4 saturated heterocycles. The normalized spacial score (nSPS) is 23.3. The van der Waals surface area contributed by atoms with Crippen LogP contribution in [-0.2, 0) is 9.47 Å². The lowest BCUT2D eigenvalue weighted by Crippen LogP contribution is -2.37. The third-order valence-corrected chi connectivity index (χ3v) is 7.71. The number of aromatic nitrogens is 2. The number of rotatable bonds is 2. The van der Waals surface area contributed by atoms with Crippen LogP contribution in [0.2, 0.25) is 0 Å². The summed E-state index contributed by atoms with van der Waals surface area (Å²) in [6.07, 6.45) is -3.12. The lowest BCUT2D eigenvalue weighted by atomic mass is 10.2. The maximum atomic E-state index is 13.5. The van der Waals surface area contributed by atoms with Crippen LogP contribution in [0.25, 0.3) is 0 Å². The molecule has 45 heavy (non-hydrogen) atoms. The summed E-state index contributed by atoms with van der Waals surface area (Å²) >= 11 is 3.96. The van der Waals surface area contributed by atoms with Gasteiger partial charge in [-0.1, -0.05) is 0 Å². The Bertz CT molecular complexity index is 1130. The van der Waals surface area contributed by atoms with E-state index >= 15 is 0 Å². The molecule has 0 spiro atoms. The van der Waals surface area contributed by atoms with Crippen LogP contribution in [0, 0.1) is 19.0 Å². The smallest absolute Gasteiger partial charge is 0.292 e. The van der Waals surface area contributed by atoms with Gasteiger partial charge in [0.15, 0.2) is 0 Å². The molecule has 0 saturated carbocycles. The van der Waals surface area contributed by atoms with Crippen molar-refractivity contribution in [1.82, 2.24) is 20.6 Å². The fraction of sp³-hybridized carbons (Fsp3) is 0.615. The molecule has 4 aliphatic heterocycles. The number of hydrogen-bond donors (Lipinski definition) is 4. The molecule has 2 unspecified atom stereocenters. The molecule has 0 aliphatic carbocycles. The van der Waals surface area contributed by atoms with Crippen molar-refractivity contribution in [2.24, 2.45) is 0 Å². The van der Waals surface area contributed by atoms with Gasteiger partial charge in [-0.2, -0.15) is 13.8 Å². The van der Waals surface area contributed by atoms with E-state index in [9.17, 15) is 31.4 Å². The van der Waals surface area contributed by atoms with E-state index in [1.165, 1.54) is 4.90 Å². The van der Waals surface area contributed by atoms with Crippen molar-refractivity contribution in [3.8, 4) is 0 Å². The molecule has 6 rings (SSSR count). The SMILES string of the molecule is C1COCCN1.Cl.Fc1cc(I)cc(F)n1.OC1CN(c2cc(I)cc(N3CCOCC3)n2)CC1(F)F.OC1CNCC1(F)F. The Balaban J connectivity index is 0.000000242. The third kappa shape index (κ3) is 13.6. The highest BCUT2D eigenvalue weighted by molar-refractivity contribution is 14.1. The lowest BCUT2D eigenvalue weighted by Gasteiger charge is -2.29. The zero-order valence-electron chi connectivity index (χ0n) is 23.9. The number of ether oxygens (including phenoxy) is 2. The number of aliphatic hydroxyl groups is 2. The van der Waals surface area contributed by atoms with Gasteiger partial charge in [-0.25, -0.2) is 22.5 Å². The Morgan fingerprint density at radius 3 is 1.67 bits per heavy atom. The number of nitrogens with zero attached hydrogens (tertiary/aromatic N) is 4. The van der Waals surface area contributed by atoms with Crippen molar-refractivity contribution in [2.75, 3.05) is 88.6 Å². The predicted octanol–water partition coefficient (Wildman–Crippen LogP) is 2.92. The molecular formula is C26H35ClF6I2N6O4. The Labute approximate surface area is 290 Å². The van der Waals surface area contributed by atoms with E-state index < -0.39 is 49.0 Å². The van der Waals surface area contributed by atoms with Crippen LogP contribution < -0.4 is 20.4 Å². The van der Waals surface area contributed by atoms with Gasteiger partial charge in [-0.05, 0) is 57.3 Å². The minimum absolute atomic E-state index is 0. The highest BCUT2D eigenvalue weighted by Gasteiger charge is 2.47. The van der Waals surface area contributed by atoms with Gasteiger partial charge >= 0.3 is 0 Å².